The summed E-state index contributed by atoms with van der Waals surface area (Å²) < 4.78 is 5.88. The van der Waals surface area contributed by atoms with E-state index in [0.717, 1.165) is 32.4 Å². The van der Waals surface area contributed by atoms with Crippen LogP contribution >= 0.6 is 0 Å². The van der Waals surface area contributed by atoms with Crippen molar-refractivity contribution in [2.45, 2.75) is 63.0 Å². The number of carbonyl (C=O) groups excluding carboxylic acids is 1. The Morgan fingerprint density at radius 3 is 2.82 bits per heavy atom. The van der Waals surface area contributed by atoms with E-state index in [0.29, 0.717) is 11.8 Å². The van der Waals surface area contributed by atoms with Gasteiger partial charge in [0, 0.05) is 25.0 Å². The molecule has 1 N–H and O–H groups in total. The molecule has 2 atom stereocenters. The largest absolute Gasteiger partial charge is 0.375 e. The SMILES string of the molecule is O=C(CC1CCCN1)C1CCOC2(CCC2)C1. The van der Waals surface area contributed by atoms with Crippen LogP contribution in [0.15, 0.2) is 0 Å². The summed E-state index contributed by atoms with van der Waals surface area (Å²) in [4.78, 5) is 12.3. The van der Waals surface area contributed by atoms with Crippen molar-refractivity contribution in [1.29, 1.82) is 0 Å². The highest BCUT2D eigenvalue weighted by atomic mass is 16.5. The van der Waals surface area contributed by atoms with E-state index < -0.39 is 0 Å². The molecule has 17 heavy (non-hydrogen) atoms. The molecule has 0 aromatic rings. The van der Waals surface area contributed by atoms with Crippen molar-refractivity contribution in [2.75, 3.05) is 13.2 Å². The Kier molecular flexibility index (Phi) is 3.22. The quantitative estimate of drug-likeness (QED) is 0.816. The van der Waals surface area contributed by atoms with Gasteiger partial charge in [-0.1, -0.05) is 0 Å². The van der Waals surface area contributed by atoms with Crippen LogP contribution in [-0.2, 0) is 9.53 Å². The Labute approximate surface area is 103 Å². The van der Waals surface area contributed by atoms with E-state index in [1.807, 2.05) is 0 Å². The van der Waals surface area contributed by atoms with Gasteiger partial charge in [-0.15, -0.1) is 0 Å². The smallest absolute Gasteiger partial charge is 0.137 e. The Bertz CT molecular complexity index is 293. The van der Waals surface area contributed by atoms with Gasteiger partial charge in [0.1, 0.15) is 5.78 Å². The maximum Gasteiger partial charge on any atom is 0.137 e. The van der Waals surface area contributed by atoms with E-state index in [-0.39, 0.29) is 11.5 Å². The van der Waals surface area contributed by atoms with Gasteiger partial charge in [-0.25, -0.2) is 0 Å². The molecule has 0 bridgehead atoms. The third-order valence-corrected chi connectivity index (χ3v) is 4.82. The minimum Gasteiger partial charge on any atom is -0.375 e. The van der Waals surface area contributed by atoms with Gasteiger partial charge >= 0.3 is 0 Å². The predicted molar refractivity (Wildman–Crippen MR) is 65.9 cm³/mol. The highest BCUT2D eigenvalue weighted by Crippen LogP contribution is 2.44. The van der Waals surface area contributed by atoms with Crippen LogP contribution in [0.25, 0.3) is 0 Å². The average Bonchev–Trinajstić information content (AvgIpc) is 2.80. The molecule has 2 unspecified atom stereocenters. The first kappa shape index (κ1) is 11.7. The number of nitrogens with one attached hydrogen (secondary N) is 1. The number of hydrogen-bond acceptors (Lipinski definition) is 3. The maximum absolute atomic E-state index is 12.3. The van der Waals surface area contributed by atoms with Crippen LogP contribution in [0.4, 0.5) is 0 Å². The molecule has 2 saturated heterocycles. The van der Waals surface area contributed by atoms with Gasteiger partial charge < -0.3 is 10.1 Å². The number of ether oxygens (including phenoxy) is 1. The Hall–Kier alpha value is -0.410. The topological polar surface area (TPSA) is 38.3 Å². The second kappa shape index (κ2) is 4.69. The first-order valence-electron chi connectivity index (χ1n) is 7.18. The average molecular weight is 237 g/mol. The lowest BCUT2D eigenvalue weighted by molar-refractivity contribution is -0.155. The molecule has 1 spiro atoms. The third kappa shape index (κ3) is 2.41. The summed E-state index contributed by atoms with van der Waals surface area (Å²) in [5.41, 5.74) is 0.113. The number of rotatable bonds is 3. The lowest BCUT2D eigenvalue weighted by atomic mass is 9.70. The predicted octanol–water partition coefficient (Wildman–Crippen LogP) is 2.05. The normalized spacial score (nSPS) is 35.8. The standard InChI is InChI=1S/C14H23NO2/c16-13(9-12-3-1-7-15-12)11-4-8-17-14(10-11)5-2-6-14/h11-12,15H,1-10H2. The highest BCUT2D eigenvalue weighted by molar-refractivity contribution is 5.81. The van der Waals surface area contributed by atoms with Crippen molar-refractivity contribution < 1.29 is 9.53 Å². The molecule has 2 heterocycles. The minimum absolute atomic E-state index is 0.113. The second-order valence-electron chi connectivity index (χ2n) is 6.04. The van der Waals surface area contributed by atoms with Gasteiger partial charge in [0.25, 0.3) is 0 Å². The Morgan fingerprint density at radius 1 is 1.29 bits per heavy atom. The first-order valence-corrected chi connectivity index (χ1v) is 7.18. The molecular formula is C14H23NO2. The number of Topliss-reactive ketones (excluding diaryl/α,β-unsaturated/α-hetero) is 1. The molecule has 1 saturated carbocycles. The molecule has 3 nitrogen and oxygen atoms in total. The summed E-state index contributed by atoms with van der Waals surface area (Å²) >= 11 is 0. The van der Waals surface area contributed by atoms with Gasteiger partial charge in [-0.3, -0.25) is 4.79 Å². The molecule has 0 aromatic carbocycles. The van der Waals surface area contributed by atoms with Crippen molar-refractivity contribution in [3.05, 3.63) is 0 Å². The van der Waals surface area contributed by atoms with Gasteiger partial charge in [-0.2, -0.15) is 0 Å². The summed E-state index contributed by atoms with van der Waals surface area (Å²) in [5.74, 6) is 0.769. The molecule has 0 aromatic heterocycles. The zero-order chi connectivity index (χ0) is 11.7. The summed E-state index contributed by atoms with van der Waals surface area (Å²) in [5, 5.41) is 3.42. The Balaban J connectivity index is 1.53. The number of ketones is 1. The molecule has 3 fully saturated rings. The van der Waals surface area contributed by atoms with Crippen molar-refractivity contribution in [1.82, 2.24) is 5.32 Å². The van der Waals surface area contributed by atoms with Crippen LogP contribution in [0, 0.1) is 5.92 Å². The van der Waals surface area contributed by atoms with Crippen LogP contribution in [0.3, 0.4) is 0 Å². The highest BCUT2D eigenvalue weighted by Gasteiger charge is 2.44. The molecule has 2 aliphatic heterocycles. The Morgan fingerprint density at radius 2 is 2.18 bits per heavy atom. The molecule has 96 valence electrons. The molecule has 0 radical (unpaired) electrons. The van der Waals surface area contributed by atoms with E-state index in [1.54, 1.807) is 0 Å². The van der Waals surface area contributed by atoms with Gasteiger partial charge in [0.15, 0.2) is 0 Å². The lowest BCUT2D eigenvalue weighted by Gasteiger charge is -2.47. The van der Waals surface area contributed by atoms with E-state index in [9.17, 15) is 4.79 Å². The van der Waals surface area contributed by atoms with Crippen molar-refractivity contribution in [3.8, 4) is 0 Å². The van der Waals surface area contributed by atoms with E-state index in [2.05, 4.69) is 5.32 Å². The van der Waals surface area contributed by atoms with Crippen LogP contribution in [0.1, 0.15) is 51.4 Å². The zero-order valence-corrected chi connectivity index (χ0v) is 10.5. The fourth-order valence-corrected chi connectivity index (χ4v) is 3.56. The van der Waals surface area contributed by atoms with Crippen LogP contribution in [0.2, 0.25) is 0 Å². The summed E-state index contributed by atoms with van der Waals surface area (Å²) in [6.07, 6.45) is 8.75. The van der Waals surface area contributed by atoms with Gasteiger partial charge in [-0.05, 0) is 51.5 Å². The second-order valence-corrected chi connectivity index (χ2v) is 6.04. The molecule has 0 amide bonds. The summed E-state index contributed by atoms with van der Waals surface area (Å²) in [6.45, 7) is 1.89. The molecule has 1 aliphatic carbocycles. The van der Waals surface area contributed by atoms with Crippen molar-refractivity contribution >= 4 is 5.78 Å². The molecule has 3 rings (SSSR count). The summed E-state index contributed by atoms with van der Waals surface area (Å²) in [6, 6.07) is 0.461. The third-order valence-electron chi connectivity index (χ3n) is 4.82. The van der Waals surface area contributed by atoms with Crippen molar-refractivity contribution in [2.24, 2.45) is 5.92 Å². The van der Waals surface area contributed by atoms with Gasteiger partial charge in [0.05, 0.1) is 5.60 Å². The van der Waals surface area contributed by atoms with E-state index in [1.165, 1.54) is 32.1 Å². The van der Waals surface area contributed by atoms with Crippen LogP contribution < -0.4 is 5.32 Å². The van der Waals surface area contributed by atoms with E-state index >= 15 is 0 Å². The molecule has 3 heteroatoms. The number of carbonyl (C=O) groups is 1. The molecular weight excluding hydrogens is 214 g/mol. The first-order chi connectivity index (χ1) is 8.27. The zero-order valence-electron chi connectivity index (χ0n) is 10.5. The van der Waals surface area contributed by atoms with Crippen LogP contribution in [-0.4, -0.2) is 30.6 Å². The van der Waals surface area contributed by atoms with Crippen LogP contribution in [0.5, 0.6) is 0 Å². The fourth-order valence-electron chi connectivity index (χ4n) is 3.56. The lowest BCUT2D eigenvalue weighted by Crippen LogP contribution is -2.47. The van der Waals surface area contributed by atoms with E-state index in [4.69, 9.17) is 4.74 Å². The fraction of sp³-hybridized carbons (Fsp3) is 0.929. The molecule has 3 aliphatic rings. The summed E-state index contributed by atoms with van der Waals surface area (Å²) in [7, 11) is 0. The van der Waals surface area contributed by atoms with Gasteiger partial charge in [0.2, 0.25) is 0 Å². The minimum atomic E-state index is 0.113. The van der Waals surface area contributed by atoms with Crippen molar-refractivity contribution in [3.63, 3.8) is 0 Å². The monoisotopic (exact) mass is 237 g/mol. The number of hydrogen-bond donors (Lipinski definition) is 1. The maximum atomic E-state index is 12.3.